The Hall–Kier alpha value is -1.97. The molecule has 0 aliphatic heterocycles. The van der Waals surface area contributed by atoms with Crippen molar-refractivity contribution in [2.24, 2.45) is 0 Å². The van der Waals surface area contributed by atoms with Gasteiger partial charge in [-0.3, -0.25) is 0 Å². The minimum absolute atomic E-state index is 0.138. The molecule has 0 bridgehead atoms. The monoisotopic (exact) mass is 624 g/mol. The molecule has 43 heavy (non-hydrogen) atoms. The highest BCUT2D eigenvalue weighted by molar-refractivity contribution is 6.74. The van der Waals surface area contributed by atoms with Crippen LogP contribution in [0.1, 0.15) is 97.4 Å². The molecule has 1 N–H and O–H groups in total. The van der Waals surface area contributed by atoms with E-state index in [9.17, 15) is 5.11 Å². The molecule has 0 saturated heterocycles. The fourth-order valence-corrected chi connectivity index (χ4v) is 5.84. The Morgan fingerprint density at radius 1 is 0.767 bits per heavy atom. The second-order valence-electron chi connectivity index (χ2n) is 15.0. The Balaban J connectivity index is 2.25. The molecule has 0 aromatic heterocycles. The van der Waals surface area contributed by atoms with Crippen LogP contribution in [-0.4, -0.2) is 27.3 Å². The van der Waals surface area contributed by atoms with Crippen molar-refractivity contribution in [2.75, 3.05) is 0 Å². The summed E-state index contributed by atoms with van der Waals surface area (Å²) in [5.74, 6) is 0.837. The number of benzene rings is 2. The van der Waals surface area contributed by atoms with Gasteiger partial charge in [-0.25, -0.2) is 0 Å². The zero-order chi connectivity index (χ0) is 32.7. The van der Waals surface area contributed by atoms with E-state index >= 15 is 0 Å². The molecule has 0 radical (unpaired) electrons. The summed E-state index contributed by atoms with van der Waals surface area (Å²) in [4.78, 5) is 0. The molecular formula is C37H60O4Si2. The Labute approximate surface area is 265 Å². The maximum Gasteiger partial charge on any atom is 0.192 e. The van der Waals surface area contributed by atoms with Gasteiger partial charge in [-0.15, -0.1) is 0 Å². The highest BCUT2D eigenvalue weighted by atomic mass is 28.4. The fraction of sp³-hybridized carbons (Fsp3) is 0.568. The first kappa shape index (κ1) is 37.2. The molecule has 2 aromatic carbocycles. The average molecular weight is 625 g/mol. The molecule has 0 aliphatic rings. The molecule has 0 amide bonds. The first-order valence-electron chi connectivity index (χ1n) is 15.9. The molecule has 2 aromatic rings. The topological polar surface area (TPSA) is 47.9 Å². The van der Waals surface area contributed by atoms with Crippen LogP contribution in [0, 0.1) is 0 Å². The third-order valence-corrected chi connectivity index (χ3v) is 18.7. The number of allylic oxidation sites excluding steroid dienone is 3. The van der Waals surface area contributed by atoms with E-state index in [1.165, 1.54) is 5.56 Å². The Morgan fingerprint density at radius 2 is 1.33 bits per heavy atom. The largest absolute Gasteiger partial charge is 0.489 e. The summed E-state index contributed by atoms with van der Waals surface area (Å²) in [6, 6.07) is 14.8. The van der Waals surface area contributed by atoms with Crippen molar-refractivity contribution in [2.45, 2.75) is 137 Å². The van der Waals surface area contributed by atoms with Crippen molar-refractivity contribution in [3.8, 4) is 5.75 Å². The first-order valence-corrected chi connectivity index (χ1v) is 21.8. The lowest BCUT2D eigenvalue weighted by Gasteiger charge is -2.37. The van der Waals surface area contributed by atoms with Crippen LogP contribution in [0.4, 0.5) is 0 Å². The van der Waals surface area contributed by atoms with Crippen molar-refractivity contribution in [3.05, 3.63) is 82.9 Å². The van der Waals surface area contributed by atoms with Gasteiger partial charge in [0.25, 0.3) is 0 Å². The first-order chi connectivity index (χ1) is 19.7. The number of rotatable bonds is 14. The van der Waals surface area contributed by atoms with Crippen molar-refractivity contribution in [3.63, 3.8) is 0 Å². The Morgan fingerprint density at radius 3 is 1.86 bits per heavy atom. The van der Waals surface area contributed by atoms with Crippen molar-refractivity contribution < 1.29 is 18.7 Å². The van der Waals surface area contributed by atoms with Gasteiger partial charge >= 0.3 is 0 Å². The maximum atomic E-state index is 10.5. The highest BCUT2D eigenvalue weighted by Crippen LogP contribution is 2.39. The zero-order valence-electron chi connectivity index (χ0n) is 29.5. The molecule has 0 aliphatic carbocycles. The molecule has 0 unspecified atom stereocenters. The van der Waals surface area contributed by atoms with Gasteiger partial charge in [0.15, 0.2) is 16.6 Å². The average Bonchev–Trinajstić information content (AvgIpc) is 2.93. The summed E-state index contributed by atoms with van der Waals surface area (Å²) in [5, 5.41) is 10.8. The van der Waals surface area contributed by atoms with Gasteiger partial charge < -0.3 is 18.7 Å². The smallest absolute Gasteiger partial charge is 0.192 e. The SMILES string of the molecule is CCC(O)(/C=C/C=C(\C)c1cccc(COc2ccc(CO[Si](C)(C)C(C)(C)C)c(CO[Si](C)(C)C(C)(C)C)c2)c1)CC. The molecule has 0 fully saturated rings. The summed E-state index contributed by atoms with van der Waals surface area (Å²) < 4.78 is 19.6. The van der Waals surface area contributed by atoms with E-state index in [-0.39, 0.29) is 10.1 Å². The second-order valence-corrected chi connectivity index (χ2v) is 24.7. The fourth-order valence-electron chi connectivity index (χ4n) is 3.94. The summed E-state index contributed by atoms with van der Waals surface area (Å²) in [7, 11) is -3.82. The molecule has 240 valence electrons. The standard InChI is InChI=1S/C37H60O4Si2/c1-14-37(38,15-2)23-17-18-29(3)31-20-16-19-30(24-31)26-39-34-22-21-32(27-40-42(10,11)35(4,5)6)33(25-34)28-41-43(12,13)36(7,8)9/h16-25,38H,14-15,26-28H2,1-13H3/b23-17+,29-18+. The maximum absolute atomic E-state index is 10.5. The minimum Gasteiger partial charge on any atom is -0.489 e. The summed E-state index contributed by atoms with van der Waals surface area (Å²) >= 11 is 0. The summed E-state index contributed by atoms with van der Waals surface area (Å²) in [6.45, 7) is 30.6. The van der Waals surface area contributed by atoms with E-state index in [0.717, 1.165) is 28.0 Å². The highest BCUT2D eigenvalue weighted by Gasteiger charge is 2.38. The van der Waals surface area contributed by atoms with Crippen molar-refractivity contribution >= 4 is 22.2 Å². The van der Waals surface area contributed by atoms with Gasteiger partial charge in [-0.1, -0.05) is 97.9 Å². The minimum atomic E-state index is -1.93. The molecule has 2 rings (SSSR count). The molecule has 0 heterocycles. The van der Waals surface area contributed by atoms with Crippen LogP contribution in [0.5, 0.6) is 5.75 Å². The van der Waals surface area contributed by atoms with Crippen LogP contribution in [0.15, 0.2) is 60.7 Å². The predicted molar refractivity (Wildman–Crippen MR) is 190 cm³/mol. The Bertz CT molecular complexity index is 1240. The Kier molecular flexibility index (Phi) is 12.9. The summed E-state index contributed by atoms with van der Waals surface area (Å²) in [6.07, 6.45) is 7.34. The van der Waals surface area contributed by atoms with Gasteiger partial charge in [0.05, 0.1) is 18.8 Å². The third-order valence-electron chi connectivity index (χ3n) is 9.73. The van der Waals surface area contributed by atoms with E-state index in [4.69, 9.17) is 13.6 Å². The third kappa shape index (κ3) is 10.9. The number of hydrogen-bond donors (Lipinski definition) is 1. The van der Waals surface area contributed by atoms with E-state index < -0.39 is 22.2 Å². The van der Waals surface area contributed by atoms with Crippen LogP contribution in [-0.2, 0) is 28.7 Å². The summed E-state index contributed by atoms with van der Waals surface area (Å²) in [5.41, 5.74) is 4.96. The second kappa shape index (κ2) is 14.9. The molecule has 6 heteroatoms. The zero-order valence-corrected chi connectivity index (χ0v) is 31.5. The molecule has 0 saturated carbocycles. The predicted octanol–water partition coefficient (Wildman–Crippen LogP) is 10.8. The van der Waals surface area contributed by atoms with E-state index in [1.807, 2.05) is 26.0 Å². The molecule has 4 nitrogen and oxygen atoms in total. The normalized spacial score (nSPS) is 14.0. The van der Waals surface area contributed by atoms with Crippen LogP contribution >= 0.6 is 0 Å². The quantitative estimate of drug-likeness (QED) is 0.168. The van der Waals surface area contributed by atoms with E-state index in [2.05, 4.69) is 123 Å². The van der Waals surface area contributed by atoms with Crippen LogP contribution in [0.2, 0.25) is 36.3 Å². The van der Waals surface area contributed by atoms with Crippen LogP contribution in [0.25, 0.3) is 5.57 Å². The van der Waals surface area contributed by atoms with Gasteiger partial charge in [-0.05, 0) is 102 Å². The van der Waals surface area contributed by atoms with Crippen molar-refractivity contribution in [1.82, 2.24) is 0 Å². The lowest BCUT2D eigenvalue weighted by Crippen LogP contribution is -2.41. The van der Waals surface area contributed by atoms with Crippen molar-refractivity contribution in [1.29, 1.82) is 0 Å². The van der Waals surface area contributed by atoms with Gasteiger partial charge in [0, 0.05) is 0 Å². The number of ether oxygens (including phenoxy) is 1. The molecule has 0 atom stereocenters. The number of aliphatic hydroxyl groups is 1. The lowest BCUT2D eigenvalue weighted by atomic mass is 9.96. The van der Waals surface area contributed by atoms with Gasteiger partial charge in [0.2, 0.25) is 0 Å². The van der Waals surface area contributed by atoms with Crippen LogP contribution in [0.3, 0.4) is 0 Å². The molecular weight excluding hydrogens is 565 g/mol. The van der Waals surface area contributed by atoms with E-state index in [0.29, 0.717) is 32.7 Å². The lowest BCUT2D eigenvalue weighted by molar-refractivity contribution is 0.0828. The number of hydrogen-bond acceptors (Lipinski definition) is 4. The van der Waals surface area contributed by atoms with Crippen LogP contribution < -0.4 is 4.74 Å². The molecule has 0 spiro atoms. The van der Waals surface area contributed by atoms with Gasteiger partial charge in [0.1, 0.15) is 12.4 Å². The van der Waals surface area contributed by atoms with E-state index in [1.54, 1.807) is 0 Å². The van der Waals surface area contributed by atoms with Gasteiger partial charge in [-0.2, -0.15) is 0 Å².